The zero-order chi connectivity index (χ0) is 21.6. The van der Waals surface area contributed by atoms with E-state index in [2.05, 4.69) is 10.1 Å². The molecule has 10 heteroatoms. The highest BCUT2D eigenvalue weighted by molar-refractivity contribution is 5.96. The molecule has 0 bridgehead atoms. The summed E-state index contributed by atoms with van der Waals surface area (Å²) in [5, 5.41) is 13.6. The summed E-state index contributed by atoms with van der Waals surface area (Å²) >= 11 is 0. The lowest BCUT2D eigenvalue weighted by Crippen LogP contribution is -2.39. The number of carbonyl (C=O) groups is 1. The molecule has 2 aromatic carbocycles. The molecule has 1 N–H and O–H groups in total. The molecule has 0 heterocycles. The first-order chi connectivity index (χ1) is 13.7. The van der Waals surface area contributed by atoms with Gasteiger partial charge in [0, 0.05) is 18.7 Å². The highest BCUT2D eigenvalue weighted by atomic mass is 19.3. The molecule has 29 heavy (non-hydrogen) atoms. The Hall–Kier alpha value is -3.27. The van der Waals surface area contributed by atoms with Gasteiger partial charge in [0.15, 0.2) is 0 Å². The summed E-state index contributed by atoms with van der Waals surface area (Å²) in [6.07, 6.45) is 0. The van der Waals surface area contributed by atoms with Crippen LogP contribution in [0.5, 0.6) is 11.5 Å². The second-order valence-corrected chi connectivity index (χ2v) is 6.24. The molecule has 1 atom stereocenters. The number of hydrogen-bond acceptors (Lipinski definition) is 6. The molecule has 2 aromatic rings. The van der Waals surface area contributed by atoms with Crippen molar-refractivity contribution < 1.29 is 28.0 Å². The second kappa shape index (κ2) is 9.78. The summed E-state index contributed by atoms with van der Waals surface area (Å²) < 4.78 is 33.9. The van der Waals surface area contributed by atoms with Gasteiger partial charge in [-0.15, -0.1) is 0 Å². The lowest BCUT2D eigenvalue weighted by atomic mass is 10.1. The smallest absolute Gasteiger partial charge is 0.387 e. The first-order valence-electron chi connectivity index (χ1n) is 8.58. The van der Waals surface area contributed by atoms with Crippen LogP contribution >= 0.6 is 0 Å². The Balaban J connectivity index is 2.04. The van der Waals surface area contributed by atoms with Gasteiger partial charge >= 0.3 is 6.61 Å². The average molecular weight is 409 g/mol. The number of amides is 1. The number of benzene rings is 2. The molecule has 1 amide bonds. The molecule has 2 rings (SSSR count). The molecule has 0 saturated heterocycles. The fourth-order valence-electron chi connectivity index (χ4n) is 2.55. The summed E-state index contributed by atoms with van der Waals surface area (Å²) in [6, 6.07) is 9.44. The molecule has 0 radical (unpaired) electrons. The van der Waals surface area contributed by atoms with Gasteiger partial charge in [-0.3, -0.25) is 19.8 Å². The molecule has 8 nitrogen and oxygen atoms in total. The zero-order valence-corrected chi connectivity index (χ0v) is 16.1. The maximum Gasteiger partial charge on any atom is 0.387 e. The van der Waals surface area contributed by atoms with Crippen LogP contribution in [0, 0.1) is 10.1 Å². The van der Waals surface area contributed by atoms with E-state index >= 15 is 0 Å². The van der Waals surface area contributed by atoms with Crippen molar-refractivity contribution in [3.63, 3.8) is 0 Å². The van der Waals surface area contributed by atoms with E-state index in [1.165, 1.54) is 37.4 Å². The Labute approximate surface area is 166 Å². The van der Waals surface area contributed by atoms with Crippen molar-refractivity contribution in [3.05, 3.63) is 58.1 Å². The van der Waals surface area contributed by atoms with E-state index in [-0.39, 0.29) is 23.0 Å². The van der Waals surface area contributed by atoms with Gasteiger partial charge in [-0.2, -0.15) is 8.78 Å². The van der Waals surface area contributed by atoms with Gasteiger partial charge in [0.25, 0.3) is 5.69 Å². The Bertz CT molecular complexity index is 861. The third-order valence-electron chi connectivity index (χ3n) is 4.27. The number of halogens is 2. The third-order valence-corrected chi connectivity index (χ3v) is 4.27. The number of nitrogens with one attached hydrogen (secondary N) is 1. The average Bonchev–Trinajstić information content (AvgIpc) is 2.68. The van der Waals surface area contributed by atoms with Crippen molar-refractivity contribution in [1.82, 2.24) is 4.90 Å². The fourth-order valence-corrected chi connectivity index (χ4v) is 2.55. The van der Waals surface area contributed by atoms with Crippen LogP contribution in [0.25, 0.3) is 0 Å². The maximum absolute atomic E-state index is 12.6. The van der Waals surface area contributed by atoms with Gasteiger partial charge in [0.1, 0.15) is 11.5 Å². The van der Waals surface area contributed by atoms with Crippen molar-refractivity contribution in [3.8, 4) is 11.5 Å². The first-order valence-corrected chi connectivity index (χ1v) is 8.58. The molecule has 0 fully saturated rings. The summed E-state index contributed by atoms with van der Waals surface area (Å²) in [4.78, 5) is 24.7. The monoisotopic (exact) mass is 409 g/mol. The number of rotatable bonds is 9. The molecule has 0 aliphatic rings. The molecular formula is C19H21F2N3O5. The Morgan fingerprint density at radius 1 is 1.24 bits per heavy atom. The minimum absolute atomic E-state index is 0.0509. The molecule has 0 spiro atoms. The highest BCUT2D eigenvalue weighted by Gasteiger charge is 2.21. The van der Waals surface area contributed by atoms with Gasteiger partial charge in [0.2, 0.25) is 5.91 Å². The van der Waals surface area contributed by atoms with Crippen LogP contribution in [0.2, 0.25) is 0 Å². The van der Waals surface area contributed by atoms with E-state index in [0.717, 1.165) is 5.56 Å². The van der Waals surface area contributed by atoms with Crippen LogP contribution in [0.3, 0.4) is 0 Å². The van der Waals surface area contributed by atoms with E-state index in [1.54, 1.807) is 31.0 Å². The largest absolute Gasteiger partial charge is 0.495 e. The molecule has 0 aromatic heterocycles. The van der Waals surface area contributed by atoms with Gasteiger partial charge in [0.05, 0.1) is 23.8 Å². The number of nitrogens with zero attached hydrogens (tertiary/aromatic N) is 2. The summed E-state index contributed by atoms with van der Waals surface area (Å²) in [6.45, 7) is -0.846. The lowest BCUT2D eigenvalue weighted by molar-refractivity contribution is -0.384. The molecule has 0 unspecified atom stereocenters. The predicted octanol–water partition coefficient (Wildman–Crippen LogP) is 3.66. The fraction of sp³-hybridized carbons (Fsp3) is 0.316. The van der Waals surface area contributed by atoms with Gasteiger partial charge in [-0.05, 0) is 37.7 Å². The van der Waals surface area contributed by atoms with Crippen LogP contribution < -0.4 is 14.8 Å². The van der Waals surface area contributed by atoms with Crippen LogP contribution in [-0.4, -0.2) is 42.5 Å². The number of non-ortho nitro benzene ring substituents is 1. The zero-order valence-electron chi connectivity index (χ0n) is 16.1. The summed E-state index contributed by atoms with van der Waals surface area (Å²) in [5.74, 6) is -0.0349. The van der Waals surface area contributed by atoms with Crippen LogP contribution in [0.15, 0.2) is 42.5 Å². The number of likely N-dealkylation sites (N-methyl/N-ethyl adjacent to an activating group) is 1. The Morgan fingerprint density at radius 3 is 2.45 bits per heavy atom. The van der Waals surface area contributed by atoms with Crippen LogP contribution in [-0.2, 0) is 11.3 Å². The molecule has 0 aliphatic heterocycles. The normalized spacial score (nSPS) is 12.0. The summed E-state index contributed by atoms with van der Waals surface area (Å²) in [5.41, 5.74) is 0.815. The number of alkyl halides is 2. The van der Waals surface area contributed by atoms with Gasteiger partial charge in [-0.25, -0.2) is 0 Å². The lowest BCUT2D eigenvalue weighted by Gasteiger charge is -2.24. The number of ether oxygens (including phenoxy) is 2. The number of methoxy groups -OCH3 is 1. The third kappa shape index (κ3) is 6.11. The number of anilines is 1. The van der Waals surface area contributed by atoms with E-state index in [1.807, 2.05) is 0 Å². The molecule has 156 valence electrons. The minimum Gasteiger partial charge on any atom is -0.495 e. The van der Waals surface area contributed by atoms with Crippen molar-refractivity contribution in [1.29, 1.82) is 0 Å². The number of hydrogen-bond donors (Lipinski definition) is 1. The Morgan fingerprint density at radius 2 is 1.90 bits per heavy atom. The maximum atomic E-state index is 12.6. The van der Waals surface area contributed by atoms with E-state index in [0.29, 0.717) is 12.3 Å². The standard InChI is InChI=1S/C19H21F2N3O5/c1-12(23(2)11-13-4-7-15(8-5-13)29-19(20)21)18(25)22-16-10-14(24(26)27)6-9-17(16)28-3/h4-10,12,19H,11H2,1-3H3,(H,22,25)/t12-/m0/s1. The van der Waals surface area contributed by atoms with E-state index in [9.17, 15) is 23.7 Å². The molecule has 0 aliphatic carbocycles. The predicted molar refractivity (Wildman–Crippen MR) is 102 cm³/mol. The number of nitro benzene ring substituents is 1. The quantitative estimate of drug-likeness (QED) is 0.502. The SMILES string of the molecule is COc1ccc([N+](=O)[O-])cc1NC(=O)[C@H](C)N(C)Cc1ccc(OC(F)F)cc1. The first kappa shape index (κ1) is 22.0. The van der Waals surface area contributed by atoms with Crippen molar-refractivity contribution in [2.75, 3.05) is 19.5 Å². The summed E-state index contributed by atoms with van der Waals surface area (Å²) in [7, 11) is 3.12. The molecular weight excluding hydrogens is 388 g/mol. The van der Waals surface area contributed by atoms with Crippen molar-refractivity contribution in [2.24, 2.45) is 0 Å². The van der Waals surface area contributed by atoms with Crippen molar-refractivity contribution >= 4 is 17.3 Å². The van der Waals surface area contributed by atoms with Crippen LogP contribution in [0.1, 0.15) is 12.5 Å². The molecule has 0 saturated carbocycles. The van der Waals surface area contributed by atoms with Gasteiger partial charge in [-0.1, -0.05) is 12.1 Å². The minimum atomic E-state index is -2.89. The number of nitro groups is 1. The Kier molecular flexibility index (Phi) is 7.43. The highest BCUT2D eigenvalue weighted by Crippen LogP contribution is 2.29. The van der Waals surface area contributed by atoms with E-state index in [4.69, 9.17) is 4.74 Å². The number of carbonyl (C=O) groups excluding carboxylic acids is 1. The van der Waals surface area contributed by atoms with Crippen LogP contribution in [0.4, 0.5) is 20.2 Å². The topological polar surface area (TPSA) is 93.9 Å². The van der Waals surface area contributed by atoms with Gasteiger partial charge < -0.3 is 14.8 Å². The van der Waals surface area contributed by atoms with Crippen molar-refractivity contribution in [2.45, 2.75) is 26.1 Å². The second-order valence-electron chi connectivity index (χ2n) is 6.24. The van der Waals surface area contributed by atoms with E-state index < -0.39 is 17.6 Å².